The summed E-state index contributed by atoms with van der Waals surface area (Å²) in [6.07, 6.45) is 4.39. The van der Waals surface area contributed by atoms with Gasteiger partial charge in [-0.25, -0.2) is 4.79 Å². The van der Waals surface area contributed by atoms with Crippen LogP contribution in [0.3, 0.4) is 0 Å². The third-order valence-electron chi connectivity index (χ3n) is 3.89. The molecule has 1 fully saturated rings. The predicted octanol–water partition coefficient (Wildman–Crippen LogP) is -0.0219. The highest BCUT2D eigenvalue weighted by Gasteiger charge is 2.34. The van der Waals surface area contributed by atoms with Crippen LogP contribution in [-0.2, 0) is 14.4 Å². The van der Waals surface area contributed by atoms with Crippen molar-refractivity contribution in [3.05, 3.63) is 18.5 Å². The Bertz CT molecular complexity index is 557. The molecule has 0 bridgehead atoms. The molecule has 0 saturated carbocycles. The highest BCUT2D eigenvalue weighted by molar-refractivity contribution is 5.89. The molecule has 0 aliphatic carbocycles. The van der Waals surface area contributed by atoms with Gasteiger partial charge in [0.25, 0.3) is 0 Å². The number of rotatable bonds is 5. The maximum Gasteiger partial charge on any atom is 0.326 e. The van der Waals surface area contributed by atoms with E-state index >= 15 is 0 Å². The molecule has 2 atom stereocenters. The summed E-state index contributed by atoms with van der Waals surface area (Å²) in [5.74, 6) is -1.58. The van der Waals surface area contributed by atoms with Crippen LogP contribution in [0.15, 0.2) is 18.5 Å². The minimum Gasteiger partial charge on any atom is -0.480 e. The fourth-order valence-electron chi connectivity index (χ4n) is 2.64. The number of hydrogen-bond acceptors (Lipinski definition) is 4. The van der Waals surface area contributed by atoms with E-state index in [2.05, 4.69) is 5.10 Å². The third-order valence-corrected chi connectivity index (χ3v) is 3.89. The largest absolute Gasteiger partial charge is 0.480 e. The minimum atomic E-state index is -0.996. The van der Waals surface area contributed by atoms with Gasteiger partial charge in [0.1, 0.15) is 12.1 Å². The molecule has 1 saturated heterocycles. The smallest absolute Gasteiger partial charge is 0.326 e. The Morgan fingerprint density at radius 2 is 2.18 bits per heavy atom. The monoisotopic (exact) mass is 308 g/mol. The summed E-state index contributed by atoms with van der Waals surface area (Å²) in [7, 11) is 1.53. The van der Waals surface area contributed by atoms with E-state index in [1.807, 2.05) is 0 Å². The van der Waals surface area contributed by atoms with Crippen LogP contribution in [0.1, 0.15) is 25.8 Å². The summed E-state index contributed by atoms with van der Waals surface area (Å²) >= 11 is 0. The van der Waals surface area contributed by atoms with Crippen molar-refractivity contribution in [2.75, 3.05) is 20.1 Å². The molecule has 2 amide bonds. The van der Waals surface area contributed by atoms with Crippen LogP contribution in [0.2, 0.25) is 0 Å². The van der Waals surface area contributed by atoms with Gasteiger partial charge in [-0.2, -0.15) is 5.10 Å². The molecule has 2 rings (SSSR count). The van der Waals surface area contributed by atoms with Crippen molar-refractivity contribution in [1.82, 2.24) is 19.6 Å². The molecule has 1 aromatic rings. The number of hydrogen-bond donors (Lipinski definition) is 1. The van der Waals surface area contributed by atoms with Crippen LogP contribution in [0.4, 0.5) is 0 Å². The first-order chi connectivity index (χ1) is 10.4. The number of carboxylic acids is 1. The zero-order valence-corrected chi connectivity index (χ0v) is 12.7. The van der Waals surface area contributed by atoms with Crippen molar-refractivity contribution < 1.29 is 19.5 Å². The lowest BCUT2D eigenvalue weighted by atomic mass is 10.2. The second-order valence-electron chi connectivity index (χ2n) is 5.44. The summed E-state index contributed by atoms with van der Waals surface area (Å²) < 4.78 is 1.51. The van der Waals surface area contributed by atoms with Crippen LogP contribution in [-0.4, -0.2) is 68.6 Å². The fourth-order valence-corrected chi connectivity index (χ4v) is 2.64. The molecule has 2 unspecified atom stereocenters. The van der Waals surface area contributed by atoms with Crippen molar-refractivity contribution in [2.24, 2.45) is 0 Å². The number of nitrogens with zero attached hydrogens (tertiary/aromatic N) is 4. The first-order valence-electron chi connectivity index (χ1n) is 7.18. The van der Waals surface area contributed by atoms with Crippen LogP contribution >= 0.6 is 0 Å². The lowest BCUT2D eigenvalue weighted by Crippen LogP contribution is -2.46. The number of aliphatic carboxylic acids is 1. The van der Waals surface area contributed by atoms with E-state index in [-0.39, 0.29) is 18.4 Å². The van der Waals surface area contributed by atoms with Crippen molar-refractivity contribution in [1.29, 1.82) is 0 Å². The van der Waals surface area contributed by atoms with E-state index in [4.69, 9.17) is 5.11 Å². The average molecular weight is 308 g/mol. The van der Waals surface area contributed by atoms with Gasteiger partial charge in [-0.05, 0) is 25.8 Å². The summed E-state index contributed by atoms with van der Waals surface area (Å²) in [6.45, 7) is 1.99. The van der Waals surface area contributed by atoms with E-state index < -0.39 is 18.1 Å². The van der Waals surface area contributed by atoms with Gasteiger partial charge < -0.3 is 14.9 Å². The van der Waals surface area contributed by atoms with Crippen molar-refractivity contribution in [2.45, 2.75) is 31.8 Å². The highest BCUT2D eigenvalue weighted by Crippen LogP contribution is 2.18. The third kappa shape index (κ3) is 3.26. The maximum atomic E-state index is 12.3. The summed E-state index contributed by atoms with van der Waals surface area (Å²) in [4.78, 5) is 38.3. The molecule has 8 nitrogen and oxygen atoms in total. The lowest BCUT2D eigenvalue weighted by molar-refractivity contribution is -0.149. The fraction of sp³-hybridized carbons (Fsp3) is 0.571. The number of likely N-dealkylation sites (tertiary alicyclic amines) is 1. The molecule has 1 aromatic heterocycles. The van der Waals surface area contributed by atoms with Gasteiger partial charge in [0.15, 0.2) is 0 Å². The molecule has 0 aromatic carbocycles. The minimum absolute atomic E-state index is 0.131. The maximum absolute atomic E-state index is 12.3. The normalized spacial score (nSPS) is 19.0. The Kier molecular flexibility index (Phi) is 4.79. The molecule has 8 heteroatoms. The Labute approximate surface area is 128 Å². The van der Waals surface area contributed by atoms with Crippen molar-refractivity contribution in [3.63, 3.8) is 0 Å². The zero-order chi connectivity index (χ0) is 16.3. The molecular weight excluding hydrogens is 288 g/mol. The number of carbonyl (C=O) groups excluding carboxylic acids is 2. The van der Waals surface area contributed by atoms with Gasteiger partial charge in [0, 0.05) is 26.0 Å². The molecule has 0 radical (unpaired) electrons. The molecular formula is C14H20N4O4. The zero-order valence-electron chi connectivity index (χ0n) is 12.7. The van der Waals surface area contributed by atoms with Crippen LogP contribution in [0, 0.1) is 0 Å². The quantitative estimate of drug-likeness (QED) is 0.824. The Morgan fingerprint density at radius 3 is 2.77 bits per heavy atom. The Balaban J connectivity index is 1.96. The standard InChI is InChI=1S/C14H20N4O4/c1-10(18-8-4-6-15-18)13(20)16(2)9-12(19)17-7-3-5-11(17)14(21)22/h4,6,8,10-11H,3,5,7,9H2,1-2H3,(H,21,22). The van der Waals surface area contributed by atoms with Crippen molar-refractivity contribution in [3.8, 4) is 0 Å². The van der Waals surface area contributed by atoms with Crippen molar-refractivity contribution >= 4 is 17.8 Å². The number of likely N-dealkylation sites (N-methyl/N-ethyl adjacent to an activating group) is 1. The molecule has 1 N–H and O–H groups in total. The molecule has 2 heterocycles. The highest BCUT2D eigenvalue weighted by atomic mass is 16.4. The van der Waals surface area contributed by atoms with Gasteiger partial charge in [-0.3, -0.25) is 14.3 Å². The second-order valence-corrected chi connectivity index (χ2v) is 5.44. The number of aromatic nitrogens is 2. The van der Waals surface area contributed by atoms with E-state index in [9.17, 15) is 14.4 Å². The van der Waals surface area contributed by atoms with Gasteiger partial charge in [-0.1, -0.05) is 0 Å². The Hall–Kier alpha value is -2.38. The van der Waals surface area contributed by atoms with Gasteiger partial charge in [-0.15, -0.1) is 0 Å². The molecule has 0 spiro atoms. The molecule has 1 aliphatic heterocycles. The first kappa shape index (κ1) is 16.0. The number of amides is 2. The first-order valence-corrected chi connectivity index (χ1v) is 7.18. The predicted molar refractivity (Wildman–Crippen MR) is 76.9 cm³/mol. The van der Waals surface area contributed by atoms with E-state index in [1.165, 1.54) is 21.5 Å². The lowest BCUT2D eigenvalue weighted by Gasteiger charge is -2.26. The second kappa shape index (κ2) is 6.59. The van der Waals surface area contributed by atoms with E-state index in [0.717, 1.165) is 0 Å². The Morgan fingerprint density at radius 1 is 1.45 bits per heavy atom. The molecule has 22 heavy (non-hydrogen) atoms. The average Bonchev–Trinajstić information content (AvgIpc) is 3.15. The van der Waals surface area contributed by atoms with Crippen LogP contribution in [0.5, 0.6) is 0 Å². The van der Waals surface area contributed by atoms with Crippen LogP contribution in [0.25, 0.3) is 0 Å². The van der Waals surface area contributed by atoms with Gasteiger partial charge >= 0.3 is 5.97 Å². The summed E-state index contributed by atoms with van der Waals surface area (Å²) in [5, 5.41) is 13.1. The van der Waals surface area contributed by atoms with Gasteiger partial charge in [0.2, 0.25) is 11.8 Å². The van der Waals surface area contributed by atoms with Gasteiger partial charge in [0.05, 0.1) is 6.54 Å². The SMILES string of the molecule is CC(C(=O)N(C)CC(=O)N1CCCC1C(=O)O)n1cccn1. The van der Waals surface area contributed by atoms with Crippen LogP contribution < -0.4 is 0 Å². The molecule has 120 valence electrons. The molecule has 1 aliphatic rings. The number of carboxylic acid groups (broad SMARTS) is 1. The summed E-state index contributed by atoms with van der Waals surface area (Å²) in [6, 6.07) is 0.428. The van der Waals surface area contributed by atoms with E-state index in [1.54, 1.807) is 25.4 Å². The van der Waals surface area contributed by atoms with E-state index in [0.29, 0.717) is 19.4 Å². The summed E-state index contributed by atoms with van der Waals surface area (Å²) in [5.41, 5.74) is 0. The number of carbonyl (C=O) groups is 3. The topological polar surface area (TPSA) is 95.7 Å².